The number of nitrogens with two attached hydrogens (primary N) is 1. The number of nitriles is 2. The minimum absolute atomic E-state index is 0.172. The number of thioether (sulfide) groups is 1. The third kappa shape index (κ3) is 2.61. The van der Waals surface area contributed by atoms with Gasteiger partial charge in [-0.05, 0) is 24.1 Å². The molecule has 0 unspecified atom stereocenters. The van der Waals surface area contributed by atoms with Crippen molar-refractivity contribution in [3.63, 3.8) is 0 Å². The van der Waals surface area contributed by atoms with Gasteiger partial charge in [0.1, 0.15) is 28.7 Å². The SMILES string of the molecule is CCc1c(C#N)c(N)nc(SCc2ccco2)c1C#N. The molecule has 6 heteroatoms. The summed E-state index contributed by atoms with van der Waals surface area (Å²) in [5.74, 6) is 1.52. The molecule has 0 aliphatic rings. The van der Waals surface area contributed by atoms with Crippen molar-refractivity contribution in [2.24, 2.45) is 0 Å². The predicted molar refractivity (Wildman–Crippen MR) is 75.7 cm³/mol. The van der Waals surface area contributed by atoms with Crippen LogP contribution in [0.15, 0.2) is 27.8 Å². The van der Waals surface area contributed by atoms with Crippen LogP contribution in [0.3, 0.4) is 0 Å². The molecule has 0 fully saturated rings. The van der Waals surface area contributed by atoms with E-state index >= 15 is 0 Å². The number of furan rings is 1. The first-order valence-electron chi connectivity index (χ1n) is 5.99. The molecule has 2 aromatic rings. The normalized spacial score (nSPS) is 9.95. The zero-order valence-electron chi connectivity index (χ0n) is 10.9. The van der Waals surface area contributed by atoms with E-state index in [4.69, 9.17) is 15.4 Å². The molecule has 20 heavy (non-hydrogen) atoms. The van der Waals surface area contributed by atoms with Gasteiger partial charge >= 0.3 is 0 Å². The summed E-state index contributed by atoms with van der Waals surface area (Å²) < 4.78 is 5.25. The van der Waals surface area contributed by atoms with E-state index in [2.05, 4.69) is 11.1 Å². The van der Waals surface area contributed by atoms with Crippen molar-refractivity contribution in [1.29, 1.82) is 10.5 Å². The molecule has 2 aromatic heterocycles. The van der Waals surface area contributed by atoms with Gasteiger partial charge in [0.25, 0.3) is 0 Å². The van der Waals surface area contributed by atoms with Gasteiger partial charge in [-0.2, -0.15) is 10.5 Å². The highest BCUT2D eigenvalue weighted by atomic mass is 32.2. The third-order valence-corrected chi connectivity index (χ3v) is 3.80. The fourth-order valence-electron chi connectivity index (χ4n) is 1.86. The zero-order chi connectivity index (χ0) is 14.5. The maximum atomic E-state index is 9.32. The van der Waals surface area contributed by atoms with Crippen molar-refractivity contribution >= 4 is 17.6 Å². The van der Waals surface area contributed by atoms with Gasteiger partial charge in [0.05, 0.1) is 23.1 Å². The largest absolute Gasteiger partial charge is 0.468 e. The Hall–Kier alpha value is -2.44. The summed E-state index contributed by atoms with van der Waals surface area (Å²) in [5.41, 5.74) is 7.18. The van der Waals surface area contributed by atoms with Gasteiger partial charge < -0.3 is 10.2 Å². The van der Waals surface area contributed by atoms with Crippen LogP contribution >= 0.6 is 11.8 Å². The second-order valence-electron chi connectivity index (χ2n) is 3.98. The van der Waals surface area contributed by atoms with Crippen molar-refractivity contribution in [2.45, 2.75) is 24.1 Å². The van der Waals surface area contributed by atoms with E-state index in [0.717, 1.165) is 5.76 Å². The van der Waals surface area contributed by atoms with Crippen LogP contribution in [0, 0.1) is 22.7 Å². The highest BCUT2D eigenvalue weighted by molar-refractivity contribution is 7.98. The second kappa shape index (κ2) is 6.14. The number of pyridine rings is 1. The van der Waals surface area contributed by atoms with Crippen LogP contribution < -0.4 is 5.73 Å². The minimum atomic E-state index is 0.172. The Morgan fingerprint density at radius 2 is 2.10 bits per heavy atom. The highest BCUT2D eigenvalue weighted by Crippen LogP contribution is 2.30. The first kappa shape index (κ1) is 14.0. The number of aromatic nitrogens is 1. The predicted octanol–water partition coefficient (Wildman–Crippen LogP) is 2.85. The molecule has 0 aliphatic carbocycles. The van der Waals surface area contributed by atoms with Gasteiger partial charge in [-0.25, -0.2) is 4.98 Å². The maximum absolute atomic E-state index is 9.32. The van der Waals surface area contributed by atoms with Crippen molar-refractivity contribution in [1.82, 2.24) is 4.98 Å². The molecule has 0 aliphatic heterocycles. The average Bonchev–Trinajstić information content (AvgIpc) is 2.97. The Bertz CT molecular complexity index is 695. The van der Waals surface area contributed by atoms with E-state index < -0.39 is 0 Å². The van der Waals surface area contributed by atoms with Gasteiger partial charge in [0.15, 0.2) is 0 Å². The van der Waals surface area contributed by atoms with Crippen molar-refractivity contribution in [3.8, 4) is 12.1 Å². The summed E-state index contributed by atoms with van der Waals surface area (Å²) in [5, 5.41) is 19.0. The van der Waals surface area contributed by atoms with Crippen LogP contribution in [0.25, 0.3) is 0 Å². The lowest BCUT2D eigenvalue weighted by molar-refractivity contribution is 0.530. The lowest BCUT2D eigenvalue weighted by Gasteiger charge is -2.10. The molecule has 0 bridgehead atoms. The Morgan fingerprint density at radius 1 is 1.35 bits per heavy atom. The molecule has 2 N–H and O–H groups in total. The first-order valence-corrected chi connectivity index (χ1v) is 6.97. The van der Waals surface area contributed by atoms with Crippen LogP contribution in [-0.2, 0) is 12.2 Å². The topological polar surface area (TPSA) is 99.6 Å². The zero-order valence-corrected chi connectivity index (χ0v) is 11.7. The van der Waals surface area contributed by atoms with Crippen LogP contribution in [0.2, 0.25) is 0 Å². The minimum Gasteiger partial charge on any atom is -0.468 e. The second-order valence-corrected chi connectivity index (χ2v) is 4.94. The van der Waals surface area contributed by atoms with Crippen LogP contribution in [0.5, 0.6) is 0 Å². The molecule has 5 nitrogen and oxygen atoms in total. The molecule has 0 spiro atoms. The molecule has 0 amide bonds. The number of nitrogens with zero attached hydrogens (tertiary/aromatic N) is 3. The standard InChI is InChI=1S/C14H12N4OS/c1-2-10-11(6-15)13(17)18-14(12(10)7-16)20-8-9-4-3-5-19-9/h3-5H,2,8H2,1H3,(H2,17,18). The molecular formula is C14H12N4OS. The lowest BCUT2D eigenvalue weighted by atomic mass is 10.0. The summed E-state index contributed by atoms with van der Waals surface area (Å²) in [6, 6.07) is 7.81. The van der Waals surface area contributed by atoms with Gasteiger partial charge in [0, 0.05) is 0 Å². The summed E-state index contributed by atoms with van der Waals surface area (Å²) >= 11 is 1.38. The number of hydrogen-bond donors (Lipinski definition) is 1. The number of nitrogen functional groups attached to an aromatic ring is 1. The molecule has 100 valence electrons. The van der Waals surface area contributed by atoms with Gasteiger partial charge in [-0.15, -0.1) is 0 Å². The summed E-state index contributed by atoms with van der Waals surface area (Å²) in [4.78, 5) is 4.18. The van der Waals surface area contributed by atoms with E-state index in [-0.39, 0.29) is 5.82 Å². The Morgan fingerprint density at radius 3 is 2.65 bits per heavy atom. The summed E-state index contributed by atoms with van der Waals surface area (Å²) in [6.45, 7) is 1.89. The van der Waals surface area contributed by atoms with E-state index in [1.165, 1.54) is 11.8 Å². The quantitative estimate of drug-likeness (QED) is 0.866. The van der Waals surface area contributed by atoms with Gasteiger partial charge in [-0.1, -0.05) is 18.7 Å². The molecule has 0 aromatic carbocycles. The van der Waals surface area contributed by atoms with Crippen LogP contribution in [0.4, 0.5) is 5.82 Å². The maximum Gasteiger partial charge on any atom is 0.143 e. The summed E-state index contributed by atoms with van der Waals surface area (Å²) in [6.07, 6.45) is 2.16. The van der Waals surface area contributed by atoms with Gasteiger partial charge in [0.2, 0.25) is 0 Å². The smallest absolute Gasteiger partial charge is 0.143 e. The van der Waals surface area contributed by atoms with Crippen molar-refractivity contribution in [3.05, 3.63) is 40.8 Å². The van der Waals surface area contributed by atoms with E-state index in [9.17, 15) is 5.26 Å². The molecule has 0 saturated carbocycles. The number of anilines is 1. The van der Waals surface area contributed by atoms with Gasteiger partial charge in [-0.3, -0.25) is 0 Å². The van der Waals surface area contributed by atoms with E-state index in [0.29, 0.717) is 33.9 Å². The Kier molecular flexibility index (Phi) is 4.29. The van der Waals surface area contributed by atoms with E-state index in [1.54, 1.807) is 12.3 Å². The van der Waals surface area contributed by atoms with E-state index in [1.807, 2.05) is 19.1 Å². The number of hydrogen-bond acceptors (Lipinski definition) is 6. The fraction of sp³-hybridized carbons (Fsp3) is 0.214. The van der Waals surface area contributed by atoms with Crippen molar-refractivity contribution in [2.75, 3.05) is 5.73 Å². The number of rotatable bonds is 4. The molecule has 0 atom stereocenters. The van der Waals surface area contributed by atoms with Crippen LogP contribution in [-0.4, -0.2) is 4.98 Å². The third-order valence-electron chi connectivity index (χ3n) is 2.80. The Balaban J connectivity index is 2.41. The fourth-order valence-corrected chi connectivity index (χ4v) is 2.78. The first-order chi connectivity index (χ1) is 9.71. The molecular weight excluding hydrogens is 272 g/mol. The Labute approximate surface area is 121 Å². The summed E-state index contributed by atoms with van der Waals surface area (Å²) in [7, 11) is 0. The lowest BCUT2D eigenvalue weighted by Crippen LogP contribution is -2.05. The monoisotopic (exact) mass is 284 g/mol. The molecule has 2 heterocycles. The van der Waals surface area contributed by atoms with Crippen LogP contribution in [0.1, 0.15) is 29.4 Å². The molecule has 0 radical (unpaired) electrons. The molecule has 2 rings (SSSR count). The highest BCUT2D eigenvalue weighted by Gasteiger charge is 2.17. The average molecular weight is 284 g/mol. The molecule has 0 saturated heterocycles. The van der Waals surface area contributed by atoms with Crippen molar-refractivity contribution < 1.29 is 4.42 Å².